The molecule has 1 saturated heterocycles. The third kappa shape index (κ3) is 4.60. The van der Waals surface area contributed by atoms with Crippen LogP contribution in [0.5, 0.6) is 0 Å². The van der Waals surface area contributed by atoms with E-state index >= 15 is 0 Å². The zero-order valence-corrected chi connectivity index (χ0v) is 13.9. The van der Waals surface area contributed by atoms with Gasteiger partial charge in [-0.2, -0.15) is 0 Å². The highest BCUT2D eigenvalue weighted by Gasteiger charge is 2.24. The average Bonchev–Trinajstić information content (AvgIpc) is 3.06. The number of aryl methyl sites for hydroxylation is 1. The van der Waals surface area contributed by atoms with E-state index < -0.39 is 6.43 Å². The lowest BCUT2D eigenvalue weighted by molar-refractivity contribution is 0.0695. The molecule has 2 aromatic rings. The Morgan fingerprint density at radius 2 is 2.20 bits per heavy atom. The van der Waals surface area contributed by atoms with Crippen molar-refractivity contribution in [3.05, 3.63) is 36.0 Å². The minimum absolute atomic E-state index is 0.0373. The van der Waals surface area contributed by atoms with Gasteiger partial charge >= 0.3 is 0 Å². The topological polar surface area (TPSA) is 71.3 Å². The summed E-state index contributed by atoms with van der Waals surface area (Å²) in [5.74, 6) is 0.0514. The first-order valence-electron chi connectivity index (χ1n) is 8.21. The van der Waals surface area contributed by atoms with Crippen LogP contribution in [0.4, 0.5) is 8.78 Å². The smallest absolute Gasteiger partial charge is 0.273 e. The number of nitrogens with zero attached hydrogens (tertiary/aromatic N) is 3. The molecule has 1 aliphatic heterocycles. The van der Waals surface area contributed by atoms with Crippen LogP contribution in [0.15, 0.2) is 29.0 Å². The maximum atomic E-state index is 12.4. The average molecular weight is 350 g/mol. The molecule has 1 amide bonds. The molecule has 0 atom stereocenters. The quantitative estimate of drug-likeness (QED) is 0.897. The molecule has 1 fully saturated rings. The van der Waals surface area contributed by atoms with Crippen LogP contribution in [0.2, 0.25) is 0 Å². The van der Waals surface area contributed by atoms with E-state index in [-0.39, 0.29) is 24.2 Å². The first-order chi connectivity index (χ1) is 12.0. The number of carbonyl (C=O) groups is 1. The van der Waals surface area contributed by atoms with Gasteiger partial charge in [-0.3, -0.25) is 14.7 Å². The van der Waals surface area contributed by atoms with Crippen LogP contribution in [0, 0.1) is 6.92 Å². The molecule has 0 radical (unpaired) electrons. The molecule has 3 heterocycles. The van der Waals surface area contributed by atoms with E-state index in [0.29, 0.717) is 31.8 Å². The summed E-state index contributed by atoms with van der Waals surface area (Å²) in [6.07, 6.45) is 1.95. The molecule has 0 aliphatic carbocycles. The number of halogens is 2. The van der Waals surface area contributed by atoms with Gasteiger partial charge in [0.25, 0.3) is 12.3 Å². The Morgan fingerprint density at radius 1 is 1.44 bits per heavy atom. The highest BCUT2D eigenvalue weighted by molar-refractivity contribution is 5.92. The van der Waals surface area contributed by atoms with Gasteiger partial charge in [0, 0.05) is 36.6 Å². The Bertz CT molecular complexity index is 727. The van der Waals surface area contributed by atoms with Crippen LogP contribution >= 0.6 is 0 Å². The fourth-order valence-corrected chi connectivity index (χ4v) is 2.90. The zero-order valence-electron chi connectivity index (χ0n) is 13.9. The van der Waals surface area contributed by atoms with Crippen LogP contribution in [0.25, 0.3) is 11.5 Å². The predicted octanol–water partition coefficient (Wildman–Crippen LogP) is 2.50. The molecule has 6 nitrogen and oxygen atoms in total. The van der Waals surface area contributed by atoms with Crippen LogP contribution in [-0.2, 0) is 0 Å². The van der Waals surface area contributed by atoms with Crippen molar-refractivity contribution in [2.75, 3.05) is 19.6 Å². The first-order valence-corrected chi connectivity index (χ1v) is 8.21. The van der Waals surface area contributed by atoms with Crippen LogP contribution in [0.3, 0.4) is 0 Å². The third-order valence-corrected chi connectivity index (χ3v) is 4.20. The molecule has 0 saturated carbocycles. The second-order valence-electron chi connectivity index (χ2n) is 6.16. The highest BCUT2D eigenvalue weighted by Crippen LogP contribution is 2.19. The zero-order chi connectivity index (χ0) is 17.8. The number of rotatable bonds is 5. The van der Waals surface area contributed by atoms with Gasteiger partial charge in [0.15, 0.2) is 5.69 Å². The van der Waals surface area contributed by atoms with Crippen molar-refractivity contribution in [1.29, 1.82) is 0 Å². The van der Waals surface area contributed by atoms with Crippen molar-refractivity contribution < 1.29 is 18.0 Å². The summed E-state index contributed by atoms with van der Waals surface area (Å²) in [6, 6.07) is 3.55. The predicted molar refractivity (Wildman–Crippen MR) is 87.4 cm³/mol. The summed E-state index contributed by atoms with van der Waals surface area (Å²) in [5, 5.41) is 2.90. The molecular weight excluding hydrogens is 330 g/mol. The van der Waals surface area contributed by atoms with Crippen molar-refractivity contribution in [3.63, 3.8) is 0 Å². The largest absolute Gasteiger partial charge is 0.444 e. The fourth-order valence-electron chi connectivity index (χ4n) is 2.90. The maximum Gasteiger partial charge on any atom is 0.273 e. The Labute approximate surface area is 144 Å². The standard InChI is InChI=1S/C17H20F2N4O2/c1-11-8-12(2-5-20-11)17-22-14(10-25-17)16(24)21-13-3-6-23(7-4-13)9-15(18)19/h2,5,8,10,13,15H,3-4,6-7,9H2,1H3,(H,21,24). The lowest BCUT2D eigenvalue weighted by atomic mass is 10.0. The second-order valence-corrected chi connectivity index (χ2v) is 6.16. The molecule has 0 spiro atoms. The molecule has 3 rings (SSSR count). The number of alkyl halides is 2. The van der Waals surface area contributed by atoms with Gasteiger partial charge in [-0.1, -0.05) is 0 Å². The van der Waals surface area contributed by atoms with E-state index in [1.54, 1.807) is 17.2 Å². The summed E-state index contributed by atoms with van der Waals surface area (Å²) >= 11 is 0. The van der Waals surface area contributed by atoms with Crippen molar-refractivity contribution in [1.82, 2.24) is 20.2 Å². The monoisotopic (exact) mass is 350 g/mol. The molecular formula is C17H20F2N4O2. The Balaban J connectivity index is 1.56. The van der Waals surface area contributed by atoms with Crippen LogP contribution in [0.1, 0.15) is 29.0 Å². The van der Waals surface area contributed by atoms with Gasteiger partial charge in [-0.15, -0.1) is 0 Å². The number of nitrogens with one attached hydrogen (secondary N) is 1. The number of hydrogen-bond acceptors (Lipinski definition) is 5. The minimum Gasteiger partial charge on any atom is -0.444 e. The van der Waals surface area contributed by atoms with Gasteiger partial charge < -0.3 is 9.73 Å². The summed E-state index contributed by atoms with van der Waals surface area (Å²) in [4.78, 5) is 22.4. The van der Waals surface area contributed by atoms with Crippen LogP contribution < -0.4 is 5.32 Å². The maximum absolute atomic E-state index is 12.4. The van der Waals surface area contributed by atoms with Crippen molar-refractivity contribution in [2.45, 2.75) is 32.2 Å². The van der Waals surface area contributed by atoms with E-state index in [1.807, 2.05) is 13.0 Å². The fraction of sp³-hybridized carbons (Fsp3) is 0.471. The first kappa shape index (κ1) is 17.5. The Kier molecular flexibility index (Phi) is 5.37. The number of oxazole rings is 1. The second kappa shape index (κ2) is 7.69. The molecule has 134 valence electrons. The molecule has 0 aromatic carbocycles. The lowest BCUT2D eigenvalue weighted by Crippen LogP contribution is -2.45. The molecule has 1 aliphatic rings. The van der Waals surface area contributed by atoms with E-state index in [0.717, 1.165) is 11.3 Å². The Morgan fingerprint density at radius 3 is 2.88 bits per heavy atom. The highest BCUT2D eigenvalue weighted by atomic mass is 19.3. The number of piperidine rings is 1. The number of amides is 1. The van der Waals surface area contributed by atoms with E-state index in [9.17, 15) is 13.6 Å². The Hall–Kier alpha value is -2.35. The summed E-state index contributed by atoms with van der Waals surface area (Å²) < 4.78 is 30.1. The molecule has 25 heavy (non-hydrogen) atoms. The summed E-state index contributed by atoms with van der Waals surface area (Å²) in [6.45, 7) is 2.75. The summed E-state index contributed by atoms with van der Waals surface area (Å²) in [5.41, 5.74) is 1.79. The van der Waals surface area contributed by atoms with Gasteiger partial charge in [-0.25, -0.2) is 13.8 Å². The number of hydrogen-bond donors (Lipinski definition) is 1. The van der Waals surface area contributed by atoms with Gasteiger partial charge in [0.05, 0.1) is 6.54 Å². The van der Waals surface area contributed by atoms with Gasteiger partial charge in [-0.05, 0) is 31.9 Å². The number of carbonyl (C=O) groups excluding carboxylic acids is 1. The number of aromatic nitrogens is 2. The molecule has 8 heteroatoms. The molecule has 1 N–H and O–H groups in total. The third-order valence-electron chi connectivity index (χ3n) is 4.20. The normalized spacial score (nSPS) is 16.3. The lowest BCUT2D eigenvalue weighted by Gasteiger charge is -2.31. The van der Waals surface area contributed by atoms with Crippen molar-refractivity contribution in [3.8, 4) is 11.5 Å². The van der Waals surface area contributed by atoms with E-state index in [4.69, 9.17) is 4.42 Å². The summed E-state index contributed by atoms with van der Waals surface area (Å²) in [7, 11) is 0. The van der Waals surface area contributed by atoms with Gasteiger partial charge in [0.1, 0.15) is 6.26 Å². The molecule has 2 aromatic heterocycles. The van der Waals surface area contributed by atoms with Crippen LogP contribution in [-0.4, -0.2) is 52.9 Å². The van der Waals surface area contributed by atoms with E-state index in [1.165, 1.54) is 6.26 Å². The SMILES string of the molecule is Cc1cc(-c2nc(C(=O)NC3CCN(CC(F)F)CC3)co2)ccn1. The van der Waals surface area contributed by atoms with E-state index in [2.05, 4.69) is 15.3 Å². The van der Waals surface area contributed by atoms with Gasteiger partial charge in [0.2, 0.25) is 5.89 Å². The molecule has 0 unspecified atom stereocenters. The van der Waals surface area contributed by atoms with Crippen molar-refractivity contribution >= 4 is 5.91 Å². The number of likely N-dealkylation sites (tertiary alicyclic amines) is 1. The number of pyridine rings is 1. The van der Waals surface area contributed by atoms with Crippen molar-refractivity contribution in [2.24, 2.45) is 0 Å². The minimum atomic E-state index is -2.32. The molecule has 0 bridgehead atoms.